The number of rotatable bonds is 1. The minimum atomic E-state index is 0. The fourth-order valence-corrected chi connectivity index (χ4v) is 3.82. The Bertz CT molecular complexity index is 809. The van der Waals surface area contributed by atoms with E-state index in [0.717, 1.165) is 6.42 Å². The van der Waals surface area contributed by atoms with Crippen molar-refractivity contribution in [2.45, 2.75) is 47.5 Å². The van der Waals surface area contributed by atoms with Gasteiger partial charge in [-0.2, -0.15) is 57.6 Å². The minimum absolute atomic E-state index is 0. The molecule has 0 aromatic heterocycles. The van der Waals surface area contributed by atoms with Crippen LogP contribution >= 0.6 is 0 Å². The molecular formula is C24H26I2Zr. The molecule has 3 heteroatoms. The van der Waals surface area contributed by atoms with Gasteiger partial charge in [-0.1, -0.05) is 76.4 Å². The van der Waals surface area contributed by atoms with Crippen LogP contribution in [0.15, 0.2) is 42.5 Å². The van der Waals surface area contributed by atoms with Crippen LogP contribution in [0.25, 0.3) is 11.1 Å². The van der Waals surface area contributed by atoms with E-state index in [1.807, 2.05) is 6.07 Å². The maximum Gasteiger partial charge on any atom is 4.00 e. The summed E-state index contributed by atoms with van der Waals surface area (Å²) in [5.41, 5.74) is 13.0. The van der Waals surface area contributed by atoms with Crippen molar-refractivity contribution in [3.63, 3.8) is 0 Å². The van der Waals surface area contributed by atoms with E-state index in [2.05, 4.69) is 77.1 Å². The third kappa shape index (κ3) is 5.60. The van der Waals surface area contributed by atoms with Crippen LogP contribution in [-0.2, 0) is 39.0 Å². The van der Waals surface area contributed by atoms with E-state index < -0.39 is 0 Å². The number of hydrogen-bond donors (Lipinski definition) is 0. The van der Waals surface area contributed by atoms with Crippen LogP contribution < -0.4 is 48.0 Å². The molecule has 0 aliphatic heterocycles. The molecule has 0 radical (unpaired) electrons. The van der Waals surface area contributed by atoms with Crippen molar-refractivity contribution in [1.29, 1.82) is 0 Å². The Hall–Kier alpha value is 0.133. The van der Waals surface area contributed by atoms with Gasteiger partial charge < -0.3 is 48.0 Å². The molecular weight excluding hydrogens is 633 g/mol. The van der Waals surface area contributed by atoms with Gasteiger partial charge in [-0.05, 0) is 6.42 Å². The molecule has 4 rings (SSSR count). The zero-order valence-corrected chi connectivity index (χ0v) is 23.5. The quantitative estimate of drug-likeness (QED) is 0.204. The first-order chi connectivity index (χ1) is 11.5. The molecule has 0 bridgehead atoms. The Morgan fingerprint density at radius 2 is 1.41 bits per heavy atom. The van der Waals surface area contributed by atoms with Gasteiger partial charge in [0.05, 0.1) is 0 Å². The normalized spacial score (nSPS) is 10.3. The number of benzene rings is 2. The Morgan fingerprint density at radius 3 is 1.96 bits per heavy atom. The first-order valence-electron chi connectivity index (χ1n) is 8.84. The van der Waals surface area contributed by atoms with Gasteiger partial charge >= 0.3 is 26.2 Å². The second-order valence-corrected chi connectivity index (χ2v) is 6.73. The topological polar surface area (TPSA) is 0 Å². The summed E-state index contributed by atoms with van der Waals surface area (Å²) in [6, 6.07) is 18.1. The predicted molar refractivity (Wildman–Crippen MR) is 104 cm³/mol. The first kappa shape index (κ1) is 27.1. The Labute approximate surface area is 218 Å². The Morgan fingerprint density at radius 1 is 0.852 bits per heavy atom. The third-order valence-corrected chi connectivity index (χ3v) is 5.56. The number of halogens is 2. The van der Waals surface area contributed by atoms with Gasteiger partial charge in [0.15, 0.2) is 0 Å². The summed E-state index contributed by atoms with van der Waals surface area (Å²) in [7, 11) is 0. The average molecular weight is 660 g/mol. The van der Waals surface area contributed by atoms with Crippen molar-refractivity contribution in [2.75, 3.05) is 0 Å². The fraction of sp³-hybridized carbons (Fsp3) is 0.292. The largest absolute Gasteiger partial charge is 4.00 e. The summed E-state index contributed by atoms with van der Waals surface area (Å²) in [6.45, 7) is 11.1. The zero-order chi connectivity index (χ0) is 17.3. The monoisotopic (exact) mass is 658 g/mol. The number of hydrogen-bond acceptors (Lipinski definition) is 0. The second-order valence-electron chi connectivity index (χ2n) is 6.73. The van der Waals surface area contributed by atoms with Crippen LogP contribution in [0.2, 0.25) is 0 Å². The van der Waals surface area contributed by atoms with Gasteiger partial charge in [-0.25, -0.2) is 0 Å². The van der Waals surface area contributed by atoms with E-state index in [4.69, 9.17) is 0 Å². The molecule has 0 N–H and O–H groups in total. The van der Waals surface area contributed by atoms with Gasteiger partial charge in [-0.15, -0.1) is 5.56 Å². The van der Waals surface area contributed by atoms with E-state index >= 15 is 0 Å². The van der Waals surface area contributed by atoms with Crippen molar-refractivity contribution < 1.29 is 74.2 Å². The molecule has 27 heavy (non-hydrogen) atoms. The molecule has 0 saturated heterocycles. The van der Waals surface area contributed by atoms with E-state index in [9.17, 15) is 0 Å². The van der Waals surface area contributed by atoms with Crippen LogP contribution in [0.5, 0.6) is 0 Å². The van der Waals surface area contributed by atoms with Gasteiger partial charge in [0, 0.05) is 0 Å². The molecule has 3 aromatic carbocycles. The van der Waals surface area contributed by atoms with E-state index in [1.165, 1.54) is 50.9 Å². The predicted octanol–water partition coefficient (Wildman–Crippen LogP) is 0.265. The Kier molecular flexibility index (Phi) is 12.0. The summed E-state index contributed by atoms with van der Waals surface area (Å²) in [6.07, 6.45) is 2.22. The van der Waals surface area contributed by atoms with Crippen molar-refractivity contribution in [2.24, 2.45) is 0 Å². The SMILES string of the molecule is CC[c-]1c(C)c(C)c(C)c1C.[I-].[I-].[Zr+4].[c-]1cccc2c1Cc1ccccc1-2. The summed E-state index contributed by atoms with van der Waals surface area (Å²) < 4.78 is 0. The maximum atomic E-state index is 3.30. The second kappa shape index (κ2) is 12.0. The molecule has 0 fully saturated rings. The molecule has 0 nitrogen and oxygen atoms in total. The molecule has 1 aliphatic carbocycles. The molecule has 140 valence electrons. The zero-order valence-electron chi connectivity index (χ0n) is 16.7. The van der Waals surface area contributed by atoms with Crippen molar-refractivity contribution in [3.8, 4) is 11.1 Å². The standard InChI is InChI=1S/C13H9.C11H17.2HI.Zr/c1-3-7-12-10(5-1)9-11-6-2-4-8-13(11)12;1-6-11-9(4)7(2)8(3)10(11)5;;;/h1-5,7-8H,9H2;6H2,1-5H3;2*1H;/q2*-1;;;+4/p-2. The van der Waals surface area contributed by atoms with Crippen molar-refractivity contribution in [1.82, 2.24) is 0 Å². The van der Waals surface area contributed by atoms with Gasteiger partial charge in [0.1, 0.15) is 0 Å². The maximum absolute atomic E-state index is 3.30. The van der Waals surface area contributed by atoms with Crippen molar-refractivity contribution in [3.05, 3.63) is 87.5 Å². The third-order valence-electron chi connectivity index (χ3n) is 5.56. The molecule has 0 heterocycles. The molecule has 0 unspecified atom stereocenters. The summed E-state index contributed by atoms with van der Waals surface area (Å²) in [4.78, 5) is 0. The van der Waals surface area contributed by atoms with Crippen molar-refractivity contribution >= 4 is 0 Å². The van der Waals surface area contributed by atoms with E-state index in [-0.39, 0.29) is 74.2 Å². The summed E-state index contributed by atoms with van der Waals surface area (Å²) >= 11 is 0. The summed E-state index contributed by atoms with van der Waals surface area (Å²) in [5.74, 6) is 0. The molecule has 0 spiro atoms. The van der Waals surface area contributed by atoms with E-state index in [0.29, 0.717) is 0 Å². The minimum Gasteiger partial charge on any atom is -1.00 e. The van der Waals surface area contributed by atoms with Crippen LogP contribution in [0.4, 0.5) is 0 Å². The van der Waals surface area contributed by atoms with Gasteiger partial charge in [-0.3, -0.25) is 0 Å². The van der Waals surface area contributed by atoms with Crippen LogP contribution in [0.3, 0.4) is 0 Å². The van der Waals surface area contributed by atoms with E-state index in [1.54, 1.807) is 5.56 Å². The van der Waals surface area contributed by atoms with Crippen LogP contribution in [-0.4, -0.2) is 0 Å². The fourth-order valence-electron chi connectivity index (χ4n) is 3.82. The molecule has 1 aliphatic rings. The van der Waals surface area contributed by atoms with Crippen LogP contribution in [0, 0.1) is 33.8 Å². The smallest absolute Gasteiger partial charge is 1.00 e. The van der Waals surface area contributed by atoms with Gasteiger partial charge in [0.2, 0.25) is 0 Å². The number of fused-ring (bicyclic) bond motifs is 3. The molecule has 0 saturated carbocycles. The average Bonchev–Trinajstić information content (AvgIpc) is 3.07. The van der Waals surface area contributed by atoms with Gasteiger partial charge in [0.25, 0.3) is 0 Å². The van der Waals surface area contributed by atoms with Crippen LogP contribution in [0.1, 0.15) is 45.9 Å². The molecule has 3 aromatic rings. The Balaban J connectivity index is 0.000000457. The first-order valence-corrected chi connectivity index (χ1v) is 8.84. The summed E-state index contributed by atoms with van der Waals surface area (Å²) in [5, 5.41) is 0. The molecule has 0 atom stereocenters. The molecule has 0 amide bonds.